The van der Waals surface area contributed by atoms with Gasteiger partial charge in [0, 0.05) is 30.3 Å². The Bertz CT molecular complexity index is 1500. The molecule has 0 saturated heterocycles. The van der Waals surface area contributed by atoms with Crippen molar-refractivity contribution < 1.29 is 46.7 Å². The topological polar surface area (TPSA) is 145 Å². The molecular formula is C28H24F3N3O8. The number of aliphatic imine (C=N–C) groups is 1. The zero-order valence-electron chi connectivity index (χ0n) is 22.3. The summed E-state index contributed by atoms with van der Waals surface area (Å²) >= 11 is 0. The molecule has 0 aromatic heterocycles. The minimum Gasteiger partial charge on any atom is -0.465 e. The van der Waals surface area contributed by atoms with Crippen LogP contribution in [0, 0.1) is 16.0 Å². The molecule has 2 heterocycles. The first kappa shape index (κ1) is 30.1. The number of halogens is 3. The standard InChI is InChI=1S/C28H24F3N3O8/c1-3-41-27(38)22-21(16-8-6-9-17(14-16)34(39)40)20(15(2)32-23(22)28(29,30)31)26(37)42-13-7-12-33-24(35)18-10-4-5-11-19(18)25(33)36/h4-6,8-11,14,21-22H,3,7,12-13H2,1-2H3. The molecule has 42 heavy (non-hydrogen) atoms. The molecule has 0 bridgehead atoms. The molecule has 2 aliphatic rings. The van der Waals surface area contributed by atoms with Gasteiger partial charge in [-0.1, -0.05) is 24.3 Å². The molecular weight excluding hydrogens is 563 g/mol. The number of benzene rings is 2. The van der Waals surface area contributed by atoms with Crippen molar-refractivity contribution in [3.05, 3.63) is 86.6 Å². The molecule has 0 aliphatic carbocycles. The molecule has 0 radical (unpaired) electrons. The van der Waals surface area contributed by atoms with Crippen LogP contribution in [0.3, 0.4) is 0 Å². The van der Waals surface area contributed by atoms with Crippen LogP contribution in [0.2, 0.25) is 0 Å². The summed E-state index contributed by atoms with van der Waals surface area (Å²) < 4.78 is 52.5. The smallest absolute Gasteiger partial charge is 0.430 e. The molecule has 2 aromatic rings. The number of nitro benzene ring substituents is 1. The Balaban J connectivity index is 1.62. The maximum absolute atomic E-state index is 14.1. The van der Waals surface area contributed by atoms with E-state index in [0.29, 0.717) is 0 Å². The number of non-ortho nitro benzene ring substituents is 1. The maximum atomic E-state index is 14.1. The van der Waals surface area contributed by atoms with Gasteiger partial charge in [-0.25, -0.2) is 4.79 Å². The second-order valence-electron chi connectivity index (χ2n) is 9.35. The van der Waals surface area contributed by atoms with E-state index in [4.69, 9.17) is 9.47 Å². The third-order valence-corrected chi connectivity index (χ3v) is 6.75. The molecule has 2 amide bonds. The van der Waals surface area contributed by atoms with Crippen LogP contribution in [0.4, 0.5) is 18.9 Å². The van der Waals surface area contributed by atoms with Gasteiger partial charge in [-0.05, 0) is 38.0 Å². The Morgan fingerprint density at radius 1 is 1.05 bits per heavy atom. The highest BCUT2D eigenvalue weighted by Crippen LogP contribution is 2.44. The highest BCUT2D eigenvalue weighted by Gasteiger charge is 2.53. The fourth-order valence-corrected chi connectivity index (χ4v) is 4.95. The Hall–Kier alpha value is -4.88. The van der Waals surface area contributed by atoms with E-state index in [2.05, 4.69) is 4.99 Å². The number of rotatable bonds is 9. The van der Waals surface area contributed by atoms with Crippen LogP contribution >= 0.6 is 0 Å². The van der Waals surface area contributed by atoms with E-state index in [1.807, 2.05) is 0 Å². The van der Waals surface area contributed by atoms with E-state index in [1.165, 1.54) is 31.2 Å². The van der Waals surface area contributed by atoms with E-state index < -0.39 is 69.4 Å². The molecule has 14 heteroatoms. The highest BCUT2D eigenvalue weighted by atomic mass is 19.4. The maximum Gasteiger partial charge on any atom is 0.430 e. The van der Waals surface area contributed by atoms with Crippen LogP contribution in [0.15, 0.2) is 64.8 Å². The summed E-state index contributed by atoms with van der Waals surface area (Å²) in [6.45, 7) is 1.80. The molecule has 2 aromatic carbocycles. The van der Waals surface area contributed by atoms with Gasteiger partial charge in [0.1, 0.15) is 11.6 Å². The summed E-state index contributed by atoms with van der Waals surface area (Å²) in [6.07, 6.45) is -5.09. The highest BCUT2D eigenvalue weighted by molar-refractivity contribution is 6.21. The van der Waals surface area contributed by atoms with Gasteiger partial charge in [0.2, 0.25) is 0 Å². The van der Waals surface area contributed by atoms with Crippen LogP contribution in [0.5, 0.6) is 0 Å². The van der Waals surface area contributed by atoms with Crippen LogP contribution < -0.4 is 0 Å². The number of allylic oxidation sites excluding steroid dienone is 1. The number of ether oxygens (including phenoxy) is 2. The number of carbonyl (C=O) groups is 4. The van der Waals surface area contributed by atoms with Crippen molar-refractivity contribution in [3.8, 4) is 0 Å². The minimum atomic E-state index is -5.10. The lowest BCUT2D eigenvalue weighted by Gasteiger charge is -2.33. The van der Waals surface area contributed by atoms with Gasteiger partial charge in [0.15, 0.2) is 0 Å². The molecule has 0 spiro atoms. The van der Waals surface area contributed by atoms with Gasteiger partial charge in [-0.2, -0.15) is 13.2 Å². The Morgan fingerprint density at radius 2 is 1.69 bits per heavy atom. The van der Waals surface area contributed by atoms with Gasteiger partial charge in [-0.3, -0.25) is 34.4 Å². The third-order valence-electron chi connectivity index (χ3n) is 6.75. The number of hydrogen-bond donors (Lipinski definition) is 0. The molecule has 2 aliphatic heterocycles. The van der Waals surface area contributed by atoms with Crippen LogP contribution in [-0.2, 0) is 19.1 Å². The van der Waals surface area contributed by atoms with Gasteiger partial charge in [-0.15, -0.1) is 0 Å². The van der Waals surface area contributed by atoms with Crippen molar-refractivity contribution in [1.29, 1.82) is 0 Å². The summed E-state index contributed by atoms with van der Waals surface area (Å²) in [5, 5.41) is 11.4. The SMILES string of the molecule is CCOC(=O)C1C(C(F)(F)F)=NC(C)=C(C(=O)OCCCN2C(=O)c3ccccc3C2=O)C1c1cccc([N+](=O)[O-])c1. The van der Waals surface area contributed by atoms with Gasteiger partial charge in [0.05, 0.1) is 34.8 Å². The lowest BCUT2D eigenvalue weighted by molar-refractivity contribution is -0.384. The number of amides is 2. The average molecular weight is 588 g/mol. The van der Waals surface area contributed by atoms with E-state index in [1.54, 1.807) is 12.1 Å². The number of alkyl halides is 3. The van der Waals surface area contributed by atoms with Crippen molar-refractivity contribution >= 4 is 35.2 Å². The lowest BCUT2D eigenvalue weighted by Crippen LogP contribution is -2.44. The predicted molar refractivity (Wildman–Crippen MR) is 140 cm³/mol. The molecule has 0 N–H and O–H groups in total. The van der Waals surface area contributed by atoms with Gasteiger partial charge >= 0.3 is 18.1 Å². The van der Waals surface area contributed by atoms with Crippen LogP contribution in [0.25, 0.3) is 0 Å². The van der Waals surface area contributed by atoms with E-state index in [-0.39, 0.29) is 42.9 Å². The second-order valence-corrected chi connectivity index (χ2v) is 9.35. The monoisotopic (exact) mass is 587 g/mol. The molecule has 4 rings (SSSR count). The first-order chi connectivity index (χ1) is 19.9. The van der Waals surface area contributed by atoms with Crippen molar-refractivity contribution in [3.63, 3.8) is 0 Å². The van der Waals surface area contributed by atoms with Crippen LogP contribution in [0.1, 0.15) is 52.5 Å². The fraction of sp³-hybridized carbons (Fsp3) is 0.321. The molecule has 2 atom stereocenters. The number of nitrogens with zero attached hydrogens (tertiary/aromatic N) is 3. The van der Waals surface area contributed by atoms with Crippen LogP contribution in [-0.4, -0.2) is 65.2 Å². The number of imide groups is 1. The molecule has 0 saturated carbocycles. The summed E-state index contributed by atoms with van der Waals surface area (Å²) in [7, 11) is 0. The predicted octanol–water partition coefficient (Wildman–Crippen LogP) is 4.38. The molecule has 11 nitrogen and oxygen atoms in total. The van der Waals surface area contributed by atoms with Crippen molar-refractivity contribution in [2.75, 3.05) is 19.8 Å². The third kappa shape index (κ3) is 5.78. The zero-order valence-corrected chi connectivity index (χ0v) is 22.3. The minimum absolute atomic E-state index is 0.00336. The van der Waals surface area contributed by atoms with E-state index in [9.17, 15) is 42.5 Å². The number of nitro groups is 1. The van der Waals surface area contributed by atoms with E-state index in [0.717, 1.165) is 24.0 Å². The first-order valence-corrected chi connectivity index (χ1v) is 12.8. The average Bonchev–Trinajstić information content (AvgIpc) is 3.19. The fourth-order valence-electron chi connectivity index (χ4n) is 4.95. The number of hydrogen-bond acceptors (Lipinski definition) is 9. The Kier molecular flexibility index (Phi) is 8.54. The number of carbonyl (C=O) groups excluding carboxylic acids is 4. The quantitative estimate of drug-likeness (QED) is 0.138. The summed E-state index contributed by atoms with van der Waals surface area (Å²) in [5.74, 6) is -7.30. The normalized spacial score (nSPS) is 18.5. The van der Waals surface area contributed by atoms with Crippen molar-refractivity contribution in [1.82, 2.24) is 4.90 Å². The van der Waals surface area contributed by atoms with E-state index >= 15 is 0 Å². The lowest BCUT2D eigenvalue weighted by atomic mass is 9.75. The first-order valence-electron chi connectivity index (χ1n) is 12.8. The summed E-state index contributed by atoms with van der Waals surface area (Å²) in [6, 6.07) is 10.8. The summed E-state index contributed by atoms with van der Waals surface area (Å²) in [4.78, 5) is 66.5. The van der Waals surface area contributed by atoms with Crippen molar-refractivity contribution in [2.24, 2.45) is 10.9 Å². The molecule has 2 unspecified atom stereocenters. The largest absolute Gasteiger partial charge is 0.465 e. The van der Waals surface area contributed by atoms with Gasteiger partial charge in [0.25, 0.3) is 17.5 Å². The van der Waals surface area contributed by atoms with Crippen molar-refractivity contribution in [2.45, 2.75) is 32.4 Å². The summed E-state index contributed by atoms with van der Waals surface area (Å²) in [5.41, 5.74) is -2.45. The zero-order chi connectivity index (χ0) is 30.8. The Labute approximate surface area is 236 Å². The van der Waals surface area contributed by atoms with Gasteiger partial charge < -0.3 is 9.47 Å². The Morgan fingerprint density at radius 3 is 2.26 bits per heavy atom. The second kappa shape index (κ2) is 11.9. The number of fused-ring (bicyclic) bond motifs is 1. The molecule has 220 valence electrons. The number of esters is 2. The molecule has 0 fully saturated rings.